The number of aromatic nitrogens is 3. The number of fused-ring (bicyclic) bond motifs is 1. The van der Waals surface area contributed by atoms with E-state index < -0.39 is 5.97 Å². The summed E-state index contributed by atoms with van der Waals surface area (Å²) in [5, 5.41) is 0. The number of hydrogen-bond acceptors (Lipinski definition) is 5. The summed E-state index contributed by atoms with van der Waals surface area (Å²) in [7, 11) is 0. The van der Waals surface area contributed by atoms with Crippen molar-refractivity contribution in [3.8, 4) is 0 Å². The van der Waals surface area contributed by atoms with Crippen LogP contribution in [0.2, 0.25) is 0 Å². The Kier molecular flexibility index (Phi) is 3.55. The molecule has 1 aliphatic heterocycles. The van der Waals surface area contributed by atoms with Gasteiger partial charge in [-0.3, -0.25) is 9.78 Å². The topological polar surface area (TPSA) is 88.2 Å². The van der Waals surface area contributed by atoms with Crippen molar-refractivity contribution in [2.45, 2.75) is 25.9 Å². The van der Waals surface area contributed by atoms with Crippen LogP contribution in [0.25, 0.3) is 11.2 Å². The fourth-order valence-electron chi connectivity index (χ4n) is 2.51. The van der Waals surface area contributed by atoms with Crippen LogP contribution in [0.5, 0.6) is 0 Å². The van der Waals surface area contributed by atoms with E-state index in [4.69, 9.17) is 4.74 Å². The Labute approximate surface area is 121 Å². The Bertz CT molecular complexity index is 674. The molecule has 0 bridgehead atoms. The highest BCUT2D eigenvalue weighted by molar-refractivity contribution is 6.01. The highest BCUT2D eigenvalue weighted by Crippen LogP contribution is 2.19. The van der Waals surface area contributed by atoms with Crippen molar-refractivity contribution in [2.75, 3.05) is 13.1 Å². The number of carbonyl (C=O) groups is 2. The zero-order chi connectivity index (χ0) is 14.8. The van der Waals surface area contributed by atoms with Gasteiger partial charge in [0.1, 0.15) is 17.2 Å². The van der Waals surface area contributed by atoms with Gasteiger partial charge in [-0.05, 0) is 0 Å². The number of rotatable bonds is 2. The number of nitrogens with one attached hydrogen (secondary N) is 1. The maximum atomic E-state index is 12.2. The minimum absolute atomic E-state index is 0.0617. The average molecular weight is 288 g/mol. The number of ether oxygens (including phenoxy) is 1. The molecule has 110 valence electrons. The summed E-state index contributed by atoms with van der Waals surface area (Å²) in [6.45, 7) is 2.80. The second-order valence-electron chi connectivity index (χ2n) is 5.07. The molecular weight excluding hydrogens is 272 g/mol. The van der Waals surface area contributed by atoms with E-state index in [1.807, 2.05) is 0 Å². The van der Waals surface area contributed by atoms with Gasteiger partial charge in [0.25, 0.3) is 0 Å². The molecule has 2 aromatic rings. The van der Waals surface area contributed by atoms with Gasteiger partial charge < -0.3 is 14.6 Å². The van der Waals surface area contributed by atoms with Crippen LogP contribution >= 0.6 is 0 Å². The van der Waals surface area contributed by atoms with E-state index in [1.165, 1.54) is 6.20 Å². The highest BCUT2D eigenvalue weighted by atomic mass is 16.5. The molecule has 0 unspecified atom stereocenters. The molecule has 2 aromatic heterocycles. The van der Waals surface area contributed by atoms with E-state index >= 15 is 0 Å². The molecule has 1 fully saturated rings. The lowest BCUT2D eigenvalue weighted by Crippen LogP contribution is -2.40. The van der Waals surface area contributed by atoms with Crippen LogP contribution < -0.4 is 0 Å². The van der Waals surface area contributed by atoms with E-state index in [9.17, 15) is 9.59 Å². The number of piperidine rings is 1. The lowest BCUT2D eigenvalue weighted by Gasteiger charge is -2.30. The molecule has 0 aliphatic carbocycles. The molecule has 1 aliphatic rings. The number of nitrogens with zero attached hydrogens (tertiary/aromatic N) is 3. The van der Waals surface area contributed by atoms with Gasteiger partial charge in [-0.25, -0.2) is 9.78 Å². The van der Waals surface area contributed by atoms with Crippen LogP contribution in [-0.4, -0.2) is 50.9 Å². The number of hydrogen-bond donors (Lipinski definition) is 1. The number of esters is 1. The predicted octanol–water partition coefficient (Wildman–Crippen LogP) is 1.13. The Hall–Kier alpha value is -2.44. The predicted molar refractivity (Wildman–Crippen MR) is 74.6 cm³/mol. The normalized spacial score (nSPS) is 16.1. The van der Waals surface area contributed by atoms with Gasteiger partial charge in [-0.2, -0.15) is 0 Å². The van der Waals surface area contributed by atoms with Gasteiger partial charge in [0.05, 0.1) is 0 Å². The molecule has 7 heteroatoms. The van der Waals surface area contributed by atoms with E-state index in [1.54, 1.807) is 24.2 Å². The van der Waals surface area contributed by atoms with Crippen molar-refractivity contribution < 1.29 is 14.3 Å². The monoisotopic (exact) mass is 288 g/mol. The third kappa shape index (κ3) is 2.72. The van der Waals surface area contributed by atoms with Crippen LogP contribution in [0.3, 0.4) is 0 Å². The first kappa shape index (κ1) is 13.5. The molecule has 1 saturated heterocycles. The van der Waals surface area contributed by atoms with Gasteiger partial charge in [-0.1, -0.05) is 0 Å². The van der Waals surface area contributed by atoms with E-state index in [-0.39, 0.29) is 12.0 Å². The second-order valence-corrected chi connectivity index (χ2v) is 5.07. The summed E-state index contributed by atoms with van der Waals surface area (Å²) >= 11 is 0. The minimum atomic E-state index is -0.400. The summed E-state index contributed by atoms with van der Waals surface area (Å²) in [5.74, 6) is -0.338. The van der Waals surface area contributed by atoms with Crippen molar-refractivity contribution >= 4 is 23.0 Å². The first-order valence-corrected chi connectivity index (χ1v) is 6.89. The molecule has 0 spiro atoms. The van der Waals surface area contributed by atoms with E-state index in [0.717, 1.165) is 0 Å². The van der Waals surface area contributed by atoms with Gasteiger partial charge in [0.15, 0.2) is 5.65 Å². The van der Waals surface area contributed by atoms with Crippen molar-refractivity contribution in [2.24, 2.45) is 0 Å². The van der Waals surface area contributed by atoms with Gasteiger partial charge >= 0.3 is 5.97 Å². The average Bonchev–Trinajstić information content (AvgIpc) is 2.92. The molecular formula is C14H16N4O3. The number of H-pyrrole nitrogens is 1. The van der Waals surface area contributed by atoms with Crippen molar-refractivity contribution in [3.63, 3.8) is 0 Å². The number of carbonyl (C=O) groups excluding carboxylic acids is 2. The molecule has 0 radical (unpaired) electrons. The molecule has 1 amide bonds. The SMILES string of the molecule is CC(=O)N1CCC(OC(=O)c2c[nH]c3nccnc23)CC1. The van der Waals surface area contributed by atoms with Gasteiger partial charge in [0.2, 0.25) is 5.91 Å². The van der Waals surface area contributed by atoms with Crippen LogP contribution in [0, 0.1) is 0 Å². The first-order chi connectivity index (χ1) is 10.1. The smallest absolute Gasteiger partial charge is 0.342 e. The van der Waals surface area contributed by atoms with Crippen LogP contribution in [0.15, 0.2) is 18.6 Å². The largest absolute Gasteiger partial charge is 0.459 e. The molecule has 3 rings (SSSR count). The lowest BCUT2D eigenvalue weighted by molar-refractivity contribution is -0.130. The molecule has 3 heterocycles. The third-order valence-electron chi connectivity index (χ3n) is 3.69. The number of likely N-dealkylation sites (tertiary alicyclic amines) is 1. The van der Waals surface area contributed by atoms with Crippen LogP contribution in [-0.2, 0) is 9.53 Å². The van der Waals surface area contributed by atoms with Crippen molar-refractivity contribution in [3.05, 3.63) is 24.2 Å². The summed E-state index contributed by atoms with van der Waals surface area (Å²) in [4.78, 5) is 36.4. The third-order valence-corrected chi connectivity index (χ3v) is 3.69. The zero-order valence-corrected chi connectivity index (χ0v) is 11.7. The number of amides is 1. The highest BCUT2D eigenvalue weighted by Gasteiger charge is 2.25. The quantitative estimate of drug-likeness (QED) is 0.837. The molecule has 1 N–H and O–H groups in total. The molecule has 0 aromatic carbocycles. The number of aromatic amines is 1. The summed E-state index contributed by atoms with van der Waals surface area (Å²) in [6.07, 6.45) is 5.84. The molecule has 7 nitrogen and oxygen atoms in total. The van der Waals surface area contributed by atoms with Crippen LogP contribution in [0.4, 0.5) is 0 Å². The standard InChI is InChI=1S/C14H16N4O3/c1-9(19)18-6-2-10(3-7-18)21-14(20)11-8-17-13-12(11)15-4-5-16-13/h4-5,8,10H,2-3,6-7H2,1H3,(H,16,17). The Morgan fingerprint density at radius 1 is 1.29 bits per heavy atom. The molecule has 21 heavy (non-hydrogen) atoms. The molecule has 0 saturated carbocycles. The second kappa shape index (κ2) is 5.51. The van der Waals surface area contributed by atoms with E-state index in [0.29, 0.717) is 42.7 Å². The molecule has 0 atom stereocenters. The zero-order valence-electron chi connectivity index (χ0n) is 11.7. The lowest BCUT2D eigenvalue weighted by atomic mass is 10.1. The maximum absolute atomic E-state index is 12.2. The van der Waals surface area contributed by atoms with Crippen LogP contribution in [0.1, 0.15) is 30.1 Å². The summed E-state index contributed by atoms with van der Waals surface area (Å²) < 4.78 is 5.51. The Morgan fingerprint density at radius 2 is 2.00 bits per heavy atom. The minimum Gasteiger partial charge on any atom is -0.459 e. The van der Waals surface area contributed by atoms with Crippen molar-refractivity contribution in [1.82, 2.24) is 19.9 Å². The Balaban J connectivity index is 1.66. The summed E-state index contributed by atoms with van der Waals surface area (Å²) in [6, 6.07) is 0. The van der Waals surface area contributed by atoms with Crippen molar-refractivity contribution in [1.29, 1.82) is 0 Å². The van der Waals surface area contributed by atoms with E-state index in [2.05, 4.69) is 15.0 Å². The fraction of sp³-hybridized carbons (Fsp3) is 0.429. The first-order valence-electron chi connectivity index (χ1n) is 6.89. The Morgan fingerprint density at radius 3 is 2.71 bits per heavy atom. The maximum Gasteiger partial charge on any atom is 0.342 e. The summed E-state index contributed by atoms with van der Waals surface area (Å²) in [5.41, 5.74) is 1.48. The van der Waals surface area contributed by atoms with Gasteiger partial charge in [-0.15, -0.1) is 0 Å². The fourth-order valence-corrected chi connectivity index (χ4v) is 2.51. The van der Waals surface area contributed by atoms with Gasteiger partial charge in [0, 0.05) is 51.4 Å².